The number of para-hydroxylation sites is 1. The van der Waals surface area contributed by atoms with E-state index in [1.54, 1.807) is 12.3 Å². The lowest BCUT2D eigenvalue weighted by Crippen LogP contribution is -2.60. The number of nitrogens with two attached hydrogens (primary N) is 1. The normalized spacial score (nSPS) is 14.0. The van der Waals surface area contributed by atoms with E-state index in [1.165, 1.54) is 80.5 Å². The number of nitrogens with zero attached hydrogens (tertiary/aromatic N) is 2. The van der Waals surface area contributed by atoms with Crippen LogP contribution in [-0.2, 0) is 60.9 Å². The molecular weight excluding hydrogens is 827 g/mol. The Balaban J connectivity index is 1.22. The number of carboxylic acid groups (broad SMARTS) is 1. The standard InChI is InChI=1S/C44H49N11O9/c1-24(51-40(59)33(45)17-28-20-46-22-49-28)39(58)52-37(18-29-21-47-23-50-29)43(62)54-35(14-25-6-10-30(56)11-7-25)41(60)53-36(15-26-8-12-31(57)13-9-26)42(61)55-38(44(63)64)16-27-19-48-34-5-3-2-4-32(27)34/h2-13,19-24,33,35-38,48,56-57H,14-18,45H2,1H3,(H,46,49)(H,47,50)(H,51,59)(H,52,58)(H,53,60)(H,54,62)(H,55,61)(H,63,64)/t24-,33-,35-,36-,37-,38-/m0/s1. The van der Waals surface area contributed by atoms with Crippen molar-refractivity contribution in [2.24, 2.45) is 5.73 Å². The summed E-state index contributed by atoms with van der Waals surface area (Å²) in [5.74, 6) is -5.29. The third-order valence-corrected chi connectivity index (χ3v) is 10.4. The number of carbonyl (C=O) groups is 6. The van der Waals surface area contributed by atoms with E-state index in [0.717, 1.165) is 10.9 Å². The van der Waals surface area contributed by atoms with Crippen molar-refractivity contribution in [3.05, 3.63) is 132 Å². The van der Waals surface area contributed by atoms with Crippen LogP contribution in [0.3, 0.4) is 0 Å². The third-order valence-electron chi connectivity index (χ3n) is 10.4. The molecule has 0 aliphatic rings. The molecule has 64 heavy (non-hydrogen) atoms. The van der Waals surface area contributed by atoms with Crippen molar-refractivity contribution >= 4 is 46.4 Å². The first kappa shape index (κ1) is 45.5. The number of benzene rings is 3. The molecule has 20 heteroatoms. The van der Waals surface area contributed by atoms with Gasteiger partial charge in [-0.1, -0.05) is 42.5 Å². The Labute approximate surface area is 365 Å². The number of hydrogen-bond donors (Lipinski definition) is 12. The number of phenols is 2. The van der Waals surface area contributed by atoms with Crippen molar-refractivity contribution in [1.82, 2.24) is 51.5 Å². The molecule has 3 aromatic carbocycles. The zero-order valence-electron chi connectivity index (χ0n) is 34.6. The Morgan fingerprint density at radius 2 is 1.06 bits per heavy atom. The first-order valence-electron chi connectivity index (χ1n) is 20.3. The van der Waals surface area contributed by atoms with E-state index in [0.29, 0.717) is 28.1 Å². The number of carboxylic acids is 1. The van der Waals surface area contributed by atoms with Gasteiger partial charge in [0.2, 0.25) is 29.5 Å². The van der Waals surface area contributed by atoms with Gasteiger partial charge in [0.05, 0.1) is 18.7 Å². The molecule has 0 fully saturated rings. The van der Waals surface area contributed by atoms with Crippen LogP contribution in [-0.4, -0.2) is 112 Å². The van der Waals surface area contributed by atoms with Crippen LogP contribution in [0.1, 0.15) is 35.0 Å². The molecule has 3 heterocycles. The van der Waals surface area contributed by atoms with E-state index in [9.17, 15) is 44.1 Å². The predicted octanol–water partition coefficient (Wildman–Crippen LogP) is 0.394. The Morgan fingerprint density at radius 1 is 0.578 bits per heavy atom. The number of aliphatic carboxylic acids is 1. The molecule has 0 spiro atoms. The van der Waals surface area contributed by atoms with Gasteiger partial charge in [-0.3, -0.25) is 24.0 Å². The largest absolute Gasteiger partial charge is 0.508 e. The lowest BCUT2D eigenvalue weighted by molar-refractivity contribution is -0.142. The summed E-state index contributed by atoms with van der Waals surface area (Å²) in [6, 6.07) is 11.3. The number of nitrogens with one attached hydrogen (secondary N) is 8. The van der Waals surface area contributed by atoms with Crippen LogP contribution in [0, 0.1) is 0 Å². The number of imidazole rings is 2. The Bertz CT molecular complexity index is 2530. The lowest BCUT2D eigenvalue weighted by Gasteiger charge is -2.27. The highest BCUT2D eigenvalue weighted by atomic mass is 16.4. The second kappa shape index (κ2) is 21.2. The smallest absolute Gasteiger partial charge is 0.326 e. The Kier molecular flexibility index (Phi) is 15.1. The van der Waals surface area contributed by atoms with Crippen molar-refractivity contribution in [2.45, 2.75) is 75.3 Å². The van der Waals surface area contributed by atoms with E-state index in [4.69, 9.17) is 5.73 Å². The van der Waals surface area contributed by atoms with Gasteiger partial charge in [-0.2, -0.15) is 0 Å². The van der Waals surface area contributed by atoms with E-state index in [-0.39, 0.29) is 43.6 Å². The second-order valence-electron chi connectivity index (χ2n) is 15.3. The van der Waals surface area contributed by atoms with Crippen molar-refractivity contribution in [3.8, 4) is 11.5 Å². The quantitative estimate of drug-likeness (QED) is 0.0468. The summed E-state index contributed by atoms with van der Waals surface area (Å²) in [5.41, 5.74) is 9.54. The monoisotopic (exact) mass is 875 g/mol. The van der Waals surface area contributed by atoms with Gasteiger partial charge in [-0.15, -0.1) is 0 Å². The second-order valence-corrected chi connectivity index (χ2v) is 15.3. The summed E-state index contributed by atoms with van der Waals surface area (Å²) < 4.78 is 0. The van der Waals surface area contributed by atoms with Crippen molar-refractivity contribution in [1.29, 1.82) is 0 Å². The zero-order valence-corrected chi connectivity index (χ0v) is 34.6. The molecule has 0 aliphatic heterocycles. The molecule has 0 saturated carbocycles. The fourth-order valence-corrected chi connectivity index (χ4v) is 6.93. The van der Waals surface area contributed by atoms with Crippen LogP contribution in [0.2, 0.25) is 0 Å². The van der Waals surface area contributed by atoms with E-state index < -0.39 is 71.8 Å². The molecule has 5 amide bonds. The van der Waals surface area contributed by atoms with Gasteiger partial charge in [-0.05, 0) is 53.9 Å². The summed E-state index contributed by atoms with van der Waals surface area (Å²) in [7, 11) is 0. The van der Waals surface area contributed by atoms with Crippen LogP contribution in [0.4, 0.5) is 0 Å². The molecule has 0 aliphatic carbocycles. The number of aromatic amines is 3. The molecule has 0 unspecified atom stereocenters. The van der Waals surface area contributed by atoms with E-state index in [1.807, 2.05) is 18.2 Å². The zero-order chi connectivity index (χ0) is 45.8. The molecule has 0 saturated heterocycles. The highest BCUT2D eigenvalue weighted by molar-refractivity contribution is 5.97. The molecule has 20 nitrogen and oxygen atoms in total. The maximum absolute atomic E-state index is 14.4. The minimum Gasteiger partial charge on any atom is -0.508 e. The van der Waals surface area contributed by atoms with Gasteiger partial charge < -0.3 is 62.6 Å². The van der Waals surface area contributed by atoms with E-state index >= 15 is 0 Å². The molecule has 6 rings (SSSR count). The molecule has 13 N–H and O–H groups in total. The molecule has 334 valence electrons. The lowest BCUT2D eigenvalue weighted by atomic mass is 10.0. The number of carbonyl (C=O) groups excluding carboxylic acids is 5. The van der Waals surface area contributed by atoms with Gasteiger partial charge in [0.25, 0.3) is 0 Å². The summed E-state index contributed by atoms with van der Waals surface area (Å²) >= 11 is 0. The van der Waals surface area contributed by atoms with Gasteiger partial charge in [0.1, 0.15) is 41.7 Å². The van der Waals surface area contributed by atoms with Crippen molar-refractivity contribution in [3.63, 3.8) is 0 Å². The first-order valence-corrected chi connectivity index (χ1v) is 20.3. The average molecular weight is 876 g/mol. The topological polar surface area (TPSA) is 322 Å². The number of rotatable bonds is 21. The van der Waals surface area contributed by atoms with Crippen LogP contribution in [0.5, 0.6) is 11.5 Å². The number of fused-ring (bicyclic) bond motifs is 1. The molecule has 0 radical (unpaired) electrons. The average Bonchev–Trinajstić information content (AvgIpc) is 4.08. The Hall–Kier alpha value is -8.00. The number of amides is 5. The van der Waals surface area contributed by atoms with Crippen LogP contribution < -0.4 is 32.3 Å². The van der Waals surface area contributed by atoms with Gasteiger partial charge in [0, 0.05) is 73.0 Å². The van der Waals surface area contributed by atoms with Gasteiger partial charge in [-0.25, -0.2) is 14.8 Å². The number of aromatic nitrogens is 5. The molecule has 6 atom stereocenters. The fourth-order valence-electron chi connectivity index (χ4n) is 6.93. The first-order chi connectivity index (χ1) is 30.7. The molecule has 6 aromatic rings. The maximum Gasteiger partial charge on any atom is 0.326 e. The highest BCUT2D eigenvalue weighted by Crippen LogP contribution is 2.20. The molecule has 3 aromatic heterocycles. The number of H-pyrrole nitrogens is 3. The SMILES string of the molecule is C[C@H](NC(=O)[C@@H](N)Cc1cnc[nH]1)C(=O)N[C@@H](Cc1cnc[nH]1)C(=O)N[C@@H](Cc1ccc(O)cc1)C(=O)N[C@@H](Cc1ccc(O)cc1)C(=O)N[C@@H](Cc1c[nH]c2ccccc12)C(=O)O. The Morgan fingerprint density at radius 3 is 1.58 bits per heavy atom. The summed E-state index contributed by atoms with van der Waals surface area (Å²) in [5, 5.41) is 44.0. The summed E-state index contributed by atoms with van der Waals surface area (Å²) in [6.45, 7) is 1.41. The summed E-state index contributed by atoms with van der Waals surface area (Å²) in [6.07, 6.45) is 7.06. The highest BCUT2D eigenvalue weighted by Gasteiger charge is 2.33. The minimum atomic E-state index is -1.41. The van der Waals surface area contributed by atoms with Crippen molar-refractivity contribution < 1.29 is 44.1 Å². The van der Waals surface area contributed by atoms with Crippen molar-refractivity contribution in [2.75, 3.05) is 0 Å². The number of hydrogen-bond acceptors (Lipinski definition) is 11. The van der Waals surface area contributed by atoms with E-state index in [2.05, 4.69) is 51.5 Å². The molecule has 0 bridgehead atoms. The van der Waals surface area contributed by atoms with Crippen LogP contribution in [0.15, 0.2) is 104 Å². The van der Waals surface area contributed by atoms with Gasteiger partial charge >= 0.3 is 5.97 Å². The number of aromatic hydroxyl groups is 2. The number of phenolic OH excluding ortho intramolecular Hbond substituents is 2. The van der Waals surface area contributed by atoms with Crippen LogP contribution in [0.25, 0.3) is 10.9 Å². The maximum atomic E-state index is 14.4. The fraction of sp³-hybridized carbons (Fsp3) is 0.273. The third kappa shape index (κ3) is 12.5. The summed E-state index contributed by atoms with van der Waals surface area (Å²) in [4.78, 5) is 98.4. The minimum absolute atomic E-state index is 0.0439. The van der Waals surface area contributed by atoms with Crippen LogP contribution >= 0.6 is 0 Å². The predicted molar refractivity (Wildman–Crippen MR) is 231 cm³/mol. The van der Waals surface area contributed by atoms with Gasteiger partial charge in [0.15, 0.2) is 0 Å². The molecular formula is C44H49N11O9.